The van der Waals surface area contributed by atoms with Gasteiger partial charge in [-0.1, -0.05) is 54.6 Å². The van der Waals surface area contributed by atoms with E-state index in [1.807, 2.05) is 6.07 Å². The minimum absolute atomic E-state index is 0.365. The fraction of sp³-hybridized carbons (Fsp3) is 0.214. The monoisotopic (exact) mass is 418 g/mol. The lowest BCUT2D eigenvalue weighted by Gasteiger charge is -2.32. The Hall–Kier alpha value is -3.08. The van der Waals surface area contributed by atoms with E-state index in [-0.39, 0.29) is 18.3 Å². The van der Waals surface area contributed by atoms with E-state index in [1.165, 1.54) is 33.0 Å². The van der Waals surface area contributed by atoms with E-state index in [0.717, 1.165) is 27.4 Å². The Balaban J connectivity index is 1.45. The van der Waals surface area contributed by atoms with Crippen LogP contribution in [0, 0.1) is 0 Å². The highest BCUT2D eigenvalue weighted by Gasteiger charge is 2.51. The summed E-state index contributed by atoms with van der Waals surface area (Å²) < 4.78 is 19.1. The van der Waals surface area contributed by atoms with Crippen molar-refractivity contribution in [3.63, 3.8) is 0 Å². The highest BCUT2D eigenvalue weighted by molar-refractivity contribution is 6.62. The summed E-state index contributed by atoms with van der Waals surface area (Å²) >= 11 is 0. The smallest absolute Gasteiger partial charge is 0.455 e. The van der Waals surface area contributed by atoms with Crippen LogP contribution in [0.4, 0.5) is 0 Å². The Morgan fingerprint density at radius 3 is 2.16 bits per heavy atom. The summed E-state index contributed by atoms with van der Waals surface area (Å²) in [6.07, 6.45) is 0. The molecule has 1 saturated heterocycles. The zero-order valence-corrected chi connectivity index (χ0v) is 18.7. The molecular formula is C28H23BO3. The van der Waals surface area contributed by atoms with Crippen LogP contribution in [0.1, 0.15) is 27.7 Å². The van der Waals surface area contributed by atoms with Crippen LogP contribution in [0.2, 0.25) is 0 Å². The molecule has 156 valence electrons. The van der Waals surface area contributed by atoms with Crippen LogP contribution in [0.5, 0.6) is 0 Å². The molecule has 32 heavy (non-hydrogen) atoms. The molecule has 1 aliphatic carbocycles. The molecule has 7 rings (SSSR count). The minimum Gasteiger partial charge on any atom is -0.455 e. The van der Waals surface area contributed by atoms with Gasteiger partial charge in [0.2, 0.25) is 0 Å². The summed E-state index contributed by atoms with van der Waals surface area (Å²) in [6.45, 7) is 8.33. The Kier molecular flexibility index (Phi) is 3.37. The first-order valence-corrected chi connectivity index (χ1v) is 11.2. The molecule has 3 nitrogen and oxygen atoms in total. The van der Waals surface area contributed by atoms with Gasteiger partial charge in [-0.05, 0) is 72.8 Å². The number of hydrogen-bond donors (Lipinski definition) is 0. The summed E-state index contributed by atoms with van der Waals surface area (Å²) in [5.74, 6) is 0. The molecule has 0 spiro atoms. The largest absolute Gasteiger partial charge is 0.494 e. The van der Waals surface area contributed by atoms with Gasteiger partial charge in [0, 0.05) is 16.3 Å². The molecule has 4 heteroatoms. The molecule has 5 aromatic rings. The number of rotatable bonds is 1. The van der Waals surface area contributed by atoms with Crippen LogP contribution in [0.25, 0.3) is 55.0 Å². The molecule has 0 saturated carbocycles. The Morgan fingerprint density at radius 1 is 0.688 bits per heavy atom. The van der Waals surface area contributed by atoms with E-state index in [1.54, 1.807) is 0 Å². The van der Waals surface area contributed by atoms with Crippen molar-refractivity contribution in [1.29, 1.82) is 0 Å². The van der Waals surface area contributed by atoms with Gasteiger partial charge >= 0.3 is 7.12 Å². The van der Waals surface area contributed by atoms with Crippen LogP contribution in [-0.2, 0) is 9.31 Å². The van der Waals surface area contributed by atoms with E-state index < -0.39 is 0 Å². The second-order valence-electron chi connectivity index (χ2n) is 10.0. The highest BCUT2D eigenvalue weighted by atomic mass is 16.7. The van der Waals surface area contributed by atoms with Crippen LogP contribution in [0.3, 0.4) is 0 Å². The maximum Gasteiger partial charge on any atom is 0.494 e. The van der Waals surface area contributed by atoms with Crippen molar-refractivity contribution >= 4 is 45.3 Å². The standard InChI is InChI=1S/C28H23BO3/c1-27(2)28(3,4)32-29(31-27)17-11-14-23-22(15-17)20-13-12-19-18-9-5-7-16-8-6-10-21(24(16)18)25(19)26(20)30-23/h5-15H,1-4H3. The normalized spacial score (nSPS) is 18.2. The lowest BCUT2D eigenvalue weighted by molar-refractivity contribution is 0.00578. The second-order valence-corrected chi connectivity index (χ2v) is 10.0. The average molecular weight is 418 g/mol. The van der Waals surface area contributed by atoms with E-state index >= 15 is 0 Å². The van der Waals surface area contributed by atoms with Crippen molar-refractivity contribution in [2.45, 2.75) is 38.9 Å². The maximum absolute atomic E-state index is 6.48. The topological polar surface area (TPSA) is 31.6 Å². The Morgan fingerprint density at radius 2 is 1.41 bits per heavy atom. The highest BCUT2D eigenvalue weighted by Crippen LogP contribution is 2.51. The fourth-order valence-electron chi connectivity index (χ4n) is 5.25. The molecule has 0 amide bonds. The van der Waals surface area contributed by atoms with Crippen molar-refractivity contribution < 1.29 is 13.7 Å². The molecule has 1 aliphatic heterocycles. The van der Waals surface area contributed by atoms with Gasteiger partial charge in [0.25, 0.3) is 0 Å². The Bertz CT molecular complexity index is 1570. The number of furan rings is 1. The van der Waals surface area contributed by atoms with E-state index in [9.17, 15) is 0 Å². The fourth-order valence-corrected chi connectivity index (χ4v) is 5.25. The predicted octanol–water partition coefficient (Wildman–Crippen LogP) is 6.69. The number of benzene rings is 4. The van der Waals surface area contributed by atoms with E-state index in [0.29, 0.717) is 0 Å². The van der Waals surface area contributed by atoms with Crippen LogP contribution < -0.4 is 5.46 Å². The van der Waals surface area contributed by atoms with Gasteiger partial charge in [-0.2, -0.15) is 0 Å². The molecule has 0 radical (unpaired) electrons. The van der Waals surface area contributed by atoms with Gasteiger partial charge in [0.15, 0.2) is 0 Å². The Labute approximate surface area is 187 Å². The molecule has 0 bridgehead atoms. The number of fused-ring (bicyclic) bond motifs is 7. The quantitative estimate of drug-likeness (QED) is 0.279. The third-order valence-corrected chi connectivity index (χ3v) is 7.65. The third-order valence-electron chi connectivity index (χ3n) is 7.65. The predicted molar refractivity (Wildman–Crippen MR) is 131 cm³/mol. The van der Waals surface area contributed by atoms with Crippen molar-refractivity contribution in [3.8, 4) is 22.3 Å². The van der Waals surface area contributed by atoms with Crippen LogP contribution in [-0.4, -0.2) is 18.3 Å². The zero-order chi connectivity index (χ0) is 21.8. The first-order valence-electron chi connectivity index (χ1n) is 11.2. The van der Waals surface area contributed by atoms with Crippen molar-refractivity contribution in [2.24, 2.45) is 0 Å². The first-order chi connectivity index (χ1) is 15.3. The van der Waals surface area contributed by atoms with Crippen molar-refractivity contribution in [2.75, 3.05) is 0 Å². The summed E-state index contributed by atoms with van der Waals surface area (Å²) in [7, 11) is -0.387. The second kappa shape index (κ2) is 5.83. The molecule has 1 aromatic heterocycles. The maximum atomic E-state index is 6.48. The van der Waals surface area contributed by atoms with Crippen molar-refractivity contribution in [3.05, 3.63) is 66.7 Å². The van der Waals surface area contributed by atoms with Crippen molar-refractivity contribution in [1.82, 2.24) is 0 Å². The molecule has 2 aliphatic rings. The summed E-state index contributed by atoms with van der Waals surface area (Å²) in [5, 5.41) is 4.81. The van der Waals surface area contributed by atoms with Gasteiger partial charge in [-0.25, -0.2) is 0 Å². The molecule has 0 unspecified atom stereocenters. The van der Waals surface area contributed by atoms with Gasteiger partial charge in [-0.15, -0.1) is 0 Å². The lowest BCUT2D eigenvalue weighted by Crippen LogP contribution is -2.41. The SMILES string of the molecule is CC1(C)OB(c2ccc3oc4c5c(ccc4c3c2)-c2cccc3cccc-5c23)OC1(C)C. The molecule has 0 N–H and O–H groups in total. The summed E-state index contributed by atoms with van der Waals surface area (Å²) in [5.41, 5.74) is 7.11. The van der Waals surface area contributed by atoms with Gasteiger partial charge < -0.3 is 13.7 Å². The average Bonchev–Trinajstić information content (AvgIpc) is 3.37. The summed E-state index contributed by atoms with van der Waals surface area (Å²) in [4.78, 5) is 0. The third kappa shape index (κ3) is 2.24. The first kappa shape index (κ1) is 18.5. The molecular weight excluding hydrogens is 395 g/mol. The van der Waals surface area contributed by atoms with E-state index in [2.05, 4.69) is 88.4 Å². The minimum atomic E-state index is -0.387. The van der Waals surface area contributed by atoms with E-state index in [4.69, 9.17) is 13.7 Å². The zero-order valence-electron chi connectivity index (χ0n) is 18.7. The van der Waals surface area contributed by atoms with Gasteiger partial charge in [0.1, 0.15) is 11.2 Å². The van der Waals surface area contributed by atoms with Crippen LogP contribution >= 0.6 is 0 Å². The molecule has 2 heterocycles. The lowest BCUT2D eigenvalue weighted by atomic mass is 9.78. The summed E-state index contributed by atoms with van der Waals surface area (Å²) in [6, 6.07) is 23.8. The molecule has 0 atom stereocenters. The molecule has 4 aromatic carbocycles. The van der Waals surface area contributed by atoms with Gasteiger partial charge in [0.05, 0.1) is 11.2 Å². The number of hydrogen-bond acceptors (Lipinski definition) is 3. The van der Waals surface area contributed by atoms with Gasteiger partial charge in [-0.3, -0.25) is 0 Å². The molecule has 1 fully saturated rings. The van der Waals surface area contributed by atoms with Crippen LogP contribution in [0.15, 0.2) is 71.1 Å².